The third-order valence-electron chi connectivity index (χ3n) is 1.16. The van der Waals surface area contributed by atoms with Gasteiger partial charge in [-0.05, 0) is 27.1 Å². The minimum Gasteiger partial charge on any atom is -0.350 e. The Hall–Kier alpha value is -1.39. The standard InChI is InChI=1S/C7H15N5O/c1-12(2)5-3-4-9-6-10-11-7(8)13/h3-5H2,1-2H3,(H3,8,11,13). The number of carbonyl (C=O) groups is 1. The second-order valence-corrected chi connectivity index (χ2v) is 2.73. The van der Waals surface area contributed by atoms with Gasteiger partial charge in [-0.25, -0.2) is 15.2 Å². The van der Waals surface area contributed by atoms with E-state index in [0.29, 0.717) is 6.54 Å². The summed E-state index contributed by atoms with van der Waals surface area (Å²) in [6, 6.07) is 1.60. The highest BCUT2D eigenvalue weighted by atomic mass is 16.2. The highest BCUT2D eigenvalue weighted by Crippen LogP contribution is 1.82. The zero-order chi connectivity index (χ0) is 10.1. The van der Waals surface area contributed by atoms with Crippen LogP contribution in [0.1, 0.15) is 6.42 Å². The minimum absolute atomic E-state index is 0.641. The maximum Gasteiger partial charge on any atom is 0.333 e. The lowest BCUT2D eigenvalue weighted by molar-refractivity contribution is 0.249. The van der Waals surface area contributed by atoms with Crippen LogP contribution in [0, 0.1) is 0 Å². The highest BCUT2D eigenvalue weighted by Gasteiger charge is 1.87. The highest BCUT2D eigenvalue weighted by molar-refractivity contribution is 5.71. The molecule has 0 spiro atoms. The van der Waals surface area contributed by atoms with Crippen LogP contribution in [-0.4, -0.2) is 44.1 Å². The summed E-state index contributed by atoms with van der Waals surface area (Å²) in [7, 11) is 3.99. The molecule has 0 heterocycles. The number of urea groups is 1. The smallest absolute Gasteiger partial charge is 0.333 e. The predicted molar refractivity (Wildman–Crippen MR) is 50.6 cm³/mol. The fraction of sp³-hybridized carbons (Fsp3) is 0.714. The number of hydrazone groups is 1. The van der Waals surface area contributed by atoms with Gasteiger partial charge in [-0.3, -0.25) is 0 Å². The summed E-state index contributed by atoms with van der Waals surface area (Å²) in [6.45, 7) is 1.61. The first-order chi connectivity index (χ1) is 6.13. The predicted octanol–water partition coefficient (Wildman–Crippen LogP) is -0.305. The van der Waals surface area contributed by atoms with Gasteiger partial charge in [0.25, 0.3) is 0 Å². The topological polar surface area (TPSA) is 83.1 Å². The monoisotopic (exact) mass is 185 g/mol. The van der Waals surface area contributed by atoms with Gasteiger partial charge in [0.1, 0.15) is 6.01 Å². The Morgan fingerprint density at radius 1 is 1.62 bits per heavy atom. The molecule has 6 nitrogen and oxygen atoms in total. The van der Waals surface area contributed by atoms with Crippen molar-refractivity contribution in [3.05, 3.63) is 0 Å². The summed E-state index contributed by atoms with van der Waals surface area (Å²) in [5.74, 6) is 0. The van der Waals surface area contributed by atoms with E-state index in [1.807, 2.05) is 19.5 Å². The van der Waals surface area contributed by atoms with E-state index in [9.17, 15) is 4.79 Å². The van der Waals surface area contributed by atoms with Crippen LogP contribution in [0.3, 0.4) is 0 Å². The largest absolute Gasteiger partial charge is 0.350 e. The molecule has 0 saturated carbocycles. The van der Waals surface area contributed by atoms with Gasteiger partial charge in [-0.1, -0.05) is 0 Å². The summed E-state index contributed by atoms with van der Waals surface area (Å²) in [5, 5.41) is 3.33. The van der Waals surface area contributed by atoms with Gasteiger partial charge < -0.3 is 10.6 Å². The first kappa shape index (κ1) is 11.6. The van der Waals surface area contributed by atoms with Gasteiger partial charge in [0, 0.05) is 0 Å². The molecule has 0 aromatic carbocycles. The molecule has 0 rings (SSSR count). The molecular weight excluding hydrogens is 170 g/mol. The van der Waals surface area contributed by atoms with Crippen molar-refractivity contribution < 1.29 is 4.79 Å². The van der Waals surface area contributed by atoms with Crippen molar-refractivity contribution in [3.63, 3.8) is 0 Å². The summed E-state index contributed by atoms with van der Waals surface area (Å²) in [5.41, 5.74) is 6.73. The normalized spacial score (nSPS) is 9.15. The van der Waals surface area contributed by atoms with E-state index in [2.05, 4.69) is 21.0 Å². The van der Waals surface area contributed by atoms with Crippen molar-refractivity contribution >= 4 is 12.0 Å². The first-order valence-corrected chi connectivity index (χ1v) is 3.94. The van der Waals surface area contributed by atoms with Crippen molar-refractivity contribution in [3.8, 4) is 0 Å². The number of rotatable bonds is 5. The van der Waals surface area contributed by atoms with E-state index < -0.39 is 6.03 Å². The number of hydrogen-bond acceptors (Lipinski definition) is 4. The van der Waals surface area contributed by atoms with E-state index >= 15 is 0 Å². The van der Waals surface area contributed by atoms with Gasteiger partial charge in [0.15, 0.2) is 0 Å². The Morgan fingerprint density at radius 2 is 2.31 bits per heavy atom. The van der Waals surface area contributed by atoms with Crippen molar-refractivity contribution in [2.24, 2.45) is 15.8 Å². The van der Waals surface area contributed by atoms with Crippen LogP contribution in [0.2, 0.25) is 0 Å². The van der Waals surface area contributed by atoms with Crippen LogP contribution in [-0.2, 0) is 0 Å². The number of nitrogens with one attached hydrogen (secondary N) is 1. The molecule has 0 saturated heterocycles. The quantitative estimate of drug-likeness (QED) is 0.350. The van der Waals surface area contributed by atoms with Gasteiger partial charge in [0.2, 0.25) is 0 Å². The lowest BCUT2D eigenvalue weighted by Gasteiger charge is -2.05. The van der Waals surface area contributed by atoms with Gasteiger partial charge in [-0.15, -0.1) is 5.10 Å². The average molecular weight is 185 g/mol. The molecule has 0 aliphatic heterocycles. The molecule has 6 heteroatoms. The summed E-state index contributed by atoms with van der Waals surface area (Å²) < 4.78 is 0. The van der Waals surface area contributed by atoms with Crippen LogP contribution in [0.25, 0.3) is 0 Å². The van der Waals surface area contributed by atoms with Crippen molar-refractivity contribution in [1.82, 2.24) is 10.3 Å². The Morgan fingerprint density at radius 3 is 2.85 bits per heavy atom. The lowest BCUT2D eigenvalue weighted by atomic mass is 10.4. The average Bonchev–Trinajstić information content (AvgIpc) is 2.01. The van der Waals surface area contributed by atoms with E-state index in [-0.39, 0.29) is 0 Å². The van der Waals surface area contributed by atoms with Crippen LogP contribution in [0.5, 0.6) is 0 Å². The molecule has 0 aliphatic carbocycles. The zero-order valence-electron chi connectivity index (χ0n) is 7.95. The maximum atomic E-state index is 10.1. The fourth-order valence-corrected chi connectivity index (χ4v) is 0.631. The van der Waals surface area contributed by atoms with Gasteiger partial charge in [-0.2, -0.15) is 0 Å². The number of nitrogens with two attached hydrogens (primary N) is 1. The van der Waals surface area contributed by atoms with E-state index in [0.717, 1.165) is 13.0 Å². The molecule has 0 unspecified atom stereocenters. The Bertz CT molecular complexity index is 207. The Balaban J connectivity index is 3.40. The van der Waals surface area contributed by atoms with E-state index in [1.165, 1.54) is 0 Å². The Kier molecular flexibility index (Phi) is 6.49. The number of aliphatic imine (C=N–C) groups is 1. The molecular formula is C7H15N5O. The third-order valence-corrected chi connectivity index (χ3v) is 1.16. The molecule has 0 radical (unpaired) electrons. The fourth-order valence-electron chi connectivity index (χ4n) is 0.631. The molecule has 0 atom stereocenters. The molecule has 0 aromatic heterocycles. The second kappa shape index (κ2) is 7.27. The number of hydrogen-bond donors (Lipinski definition) is 2. The second-order valence-electron chi connectivity index (χ2n) is 2.73. The number of primary amides is 1. The van der Waals surface area contributed by atoms with E-state index in [1.54, 1.807) is 0 Å². The number of nitrogens with zero attached hydrogens (tertiary/aromatic N) is 3. The summed E-state index contributed by atoms with van der Waals surface area (Å²) >= 11 is 0. The molecule has 2 amide bonds. The van der Waals surface area contributed by atoms with Gasteiger partial charge >= 0.3 is 6.03 Å². The molecule has 74 valence electrons. The molecule has 13 heavy (non-hydrogen) atoms. The maximum absolute atomic E-state index is 10.1. The molecule has 0 fully saturated rings. The van der Waals surface area contributed by atoms with Crippen LogP contribution < -0.4 is 11.2 Å². The van der Waals surface area contributed by atoms with Crippen molar-refractivity contribution in [2.75, 3.05) is 27.2 Å². The minimum atomic E-state index is -0.712. The third kappa shape index (κ3) is 10.6. The lowest BCUT2D eigenvalue weighted by Crippen LogP contribution is -2.23. The van der Waals surface area contributed by atoms with Crippen molar-refractivity contribution in [2.45, 2.75) is 6.42 Å². The van der Waals surface area contributed by atoms with Crippen LogP contribution >= 0.6 is 0 Å². The summed E-state index contributed by atoms with van der Waals surface area (Å²) in [4.78, 5) is 16.0. The Labute approximate surface area is 77.5 Å². The first-order valence-electron chi connectivity index (χ1n) is 3.94. The van der Waals surface area contributed by atoms with Crippen molar-refractivity contribution in [1.29, 1.82) is 0 Å². The SMILES string of the molecule is CN(C)CCCN=C=NNC(N)=O. The zero-order valence-corrected chi connectivity index (χ0v) is 7.95. The number of amides is 2. The number of carbonyl (C=O) groups excluding carboxylic acids is 1. The molecule has 0 aliphatic rings. The molecule has 3 N–H and O–H groups in total. The van der Waals surface area contributed by atoms with E-state index in [4.69, 9.17) is 5.73 Å². The van der Waals surface area contributed by atoms with Gasteiger partial charge in [0.05, 0.1) is 6.54 Å². The molecule has 0 aromatic rings. The summed E-state index contributed by atoms with van der Waals surface area (Å²) in [6.07, 6.45) is 0.937. The van der Waals surface area contributed by atoms with Crippen LogP contribution in [0.15, 0.2) is 10.1 Å². The molecule has 0 bridgehead atoms. The van der Waals surface area contributed by atoms with Crippen LogP contribution in [0.4, 0.5) is 4.79 Å².